The fourth-order valence-corrected chi connectivity index (χ4v) is 2.62. The van der Waals surface area contributed by atoms with Crippen molar-refractivity contribution in [2.75, 3.05) is 26.9 Å². The van der Waals surface area contributed by atoms with Crippen LogP contribution in [0.1, 0.15) is 39.5 Å². The Bertz CT molecular complexity index is 183. The molecule has 0 N–H and O–H groups in total. The zero-order valence-electron chi connectivity index (χ0n) is 9.95. The number of rotatable bonds is 8. The Morgan fingerprint density at radius 1 is 1.14 bits per heavy atom. The third-order valence-electron chi connectivity index (χ3n) is 2.30. The van der Waals surface area contributed by atoms with Gasteiger partial charge in [-0.3, -0.25) is 4.57 Å². The second-order valence-corrected chi connectivity index (χ2v) is 6.66. The van der Waals surface area contributed by atoms with Crippen LogP contribution >= 0.6 is 7.52 Å². The van der Waals surface area contributed by atoms with Crippen LogP contribution in [0.25, 0.3) is 0 Å². The van der Waals surface area contributed by atoms with Crippen LogP contribution in [0.4, 0.5) is 0 Å². The SMILES string of the molecule is CCCCCCOP(=O)(CC)N(C)C. The van der Waals surface area contributed by atoms with Crippen LogP contribution in [0.3, 0.4) is 0 Å². The second-order valence-electron chi connectivity index (χ2n) is 3.69. The van der Waals surface area contributed by atoms with E-state index >= 15 is 0 Å². The summed E-state index contributed by atoms with van der Waals surface area (Å²) >= 11 is 0. The smallest absolute Gasteiger partial charge is 0.271 e. The van der Waals surface area contributed by atoms with Crippen LogP contribution in [0, 0.1) is 0 Å². The van der Waals surface area contributed by atoms with E-state index in [2.05, 4.69) is 6.92 Å². The molecule has 0 aliphatic carbocycles. The van der Waals surface area contributed by atoms with Gasteiger partial charge in [0, 0.05) is 6.16 Å². The summed E-state index contributed by atoms with van der Waals surface area (Å²) in [5.74, 6) is 0. The highest BCUT2D eigenvalue weighted by molar-refractivity contribution is 7.56. The van der Waals surface area contributed by atoms with Crippen LogP contribution in [-0.2, 0) is 9.09 Å². The largest absolute Gasteiger partial charge is 0.317 e. The van der Waals surface area contributed by atoms with Crippen molar-refractivity contribution in [2.24, 2.45) is 0 Å². The summed E-state index contributed by atoms with van der Waals surface area (Å²) in [5, 5.41) is 0. The van der Waals surface area contributed by atoms with Gasteiger partial charge in [0.25, 0.3) is 7.52 Å². The summed E-state index contributed by atoms with van der Waals surface area (Å²) < 4.78 is 19.2. The minimum Gasteiger partial charge on any atom is -0.317 e. The Morgan fingerprint density at radius 3 is 2.21 bits per heavy atom. The monoisotopic (exact) mass is 221 g/mol. The Morgan fingerprint density at radius 2 is 1.79 bits per heavy atom. The number of unbranched alkanes of at least 4 members (excludes halogenated alkanes) is 3. The highest BCUT2D eigenvalue weighted by atomic mass is 31.2. The zero-order chi connectivity index (χ0) is 11.0. The third-order valence-corrected chi connectivity index (χ3v) is 4.90. The first kappa shape index (κ1) is 14.2. The summed E-state index contributed by atoms with van der Waals surface area (Å²) in [6, 6.07) is 0. The Labute approximate surface area is 88.3 Å². The molecule has 1 atom stereocenters. The van der Waals surface area contributed by atoms with Crippen LogP contribution in [0.2, 0.25) is 0 Å². The maximum Gasteiger partial charge on any atom is 0.271 e. The molecule has 0 bridgehead atoms. The average molecular weight is 221 g/mol. The molecular weight excluding hydrogens is 197 g/mol. The van der Waals surface area contributed by atoms with E-state index in [1.54, 1.807) is 4.67 Å². The molecule has 0 heterocycles. The van der Waals surface area contributed by atoms with Gasteiger partial charge in [0.05, 0.1) is 6.61 Å². The predicted octanol–water partition coefficient (Wildman–Crippen LogP) is 3.36. The summed E-state index contributed by atoms with van der Waals surface area (Å²) in [7, 11) is 1.14. The molecule has 0 saturated heterocycles. The highest BCUT2D eigenvalue weighted by Gasteiger charge is 2.22. The number of hydrogen-bond donors (Lipinski definition) is 0. The first-order chi connectivity index (χ1) is 6.56. The molecule has 0 aromatic carbocycles. The first-order valence-corrected chi connectivity index (χ1v) is 7.24. The van der Waals surface area contributed by atoms with Gasteiger partial charge < -0.3 is 4.52 Å². The molecule has 14 heavy (non-hydrogen) atoms. The lowest BCUT2D eigenvalue weighted by Crippen LogP contribution is -2.13. The number of hydrogen-bond acceptors (Lipinski definition) is 2. The molecule has 0 aliphatic rings. The lowest BCUT2D eigenvalue weighted by atomic mass is 10.2. The minimum atomic E-state index is -2.49. The Kier molecular flexibility index (Phi) is 7.52. The molecule has 1 unspecified atom stereocenters. The van der Waals surface area contributed by atoms with Gasteiger partial charge >= 0.3 is 0 Å². The molecule has 3 nitrogen and oxygen atoms in total. The van der Waals surface area contributed by atoms with Crippen molar-refractivity contribution < 1.29 is 9.09 Å². The maximum absolute atomic E-state index is 12.0. The van der Waals surface area contributed by atoms with E-state index in [0.29, 0.717) is 12.8 Å². The molecule has 0 spiro atoms. The van der Waals surface area contributed by atoms with E-state index < -0.39 is 7.52 Å². The standard InChI is InChI=1S/C10H24NO2P/c1-5-7-8-9-10-13-14(12,6-2)11(3)4/h5-10H2,1-4H3. The molecule has 0 aromatic heterocycles. The number of nitrogens with zero attached hydrogens (tertiary/aromatic N) is 1. The highest BCUT2D eigenvalue weighted by Crippen LogP contribution is 2.48. The third kappa shape index (κ3) is 5.14. The minimum absolute atomic E-state index is 0.591. The molecular formula is C10H24NO2P. The van der Waals surface area contributed by atoms with Crippen molar-refractivity contribution in [3.8, 4) is 0 Å². The zero-order valence-corrected chi connectivity index (χ0v) is 10.8. The van der Waals surface area contributed by atoms with Gasteiger partial charge in [-0.2, -0.15) is 0 Å². The Balaban J connectivity index is 3.69. The van der Waals surface area contributed by atoms with Crippen molar-refractivity contribution in [1.29, 1.82) is 0 Å². The van der Waals surface area contributed by atoms with Crippen LogP contribution < -0.4 is 0 Å². The molecule has 4 heteroatoms. The van der Waals surface area contributed by atoms with Crippen molar-refractivity contribution in [3.63, 3.8) is 0 Å². The van der Waals surface area contributed by atoms with Gasteiger partial charge in [-0.1, -0.05) is 33.1 Å². The predicted molar refractivity (Wildman–Crippen MR) is 61.9 cm³/mol. The van der Waals surface area contributed by atoms with E-state index in [4.69, 9.17) is 4.52 Å². The van der Waals surface area contributed by atoms with Crippen molar-refractivity contribution in [2.45, 2.75) is 39.5 Å². The molecule has 0 saturated carbocycles. The Hall–Kier alpha value is 0.150. The first-order valence-electron chi connectivity index (χ1n) is 5.48. The average Bonchev–Trinajstić information content (AvgIpc) is 2.17. The molecule has 86 valence electrons. The molecule has 0 amide bonds. The van der Waals surface area contributed by atoms with E-state index in [-0.39, 0.29) is 0 Å². The van der Waals surface area contributed by atoms with E-state index in [9.17, 15) is 4.57 Å². The van der Waals surface area contributed by atoms with E-state index in [1.807, 2.05) is 21.0 Å². The topological polar surface area (TPSA) is 29.5 Å². The van der Waals surface area contributed by atoms with Gasteiger partial charge in [0.1, 0.15) is 0 Å². The van der Waals surface area contributed by atoms with Crippen molar-refractivity contribution in [1.82, 2.24) is 4.67 Å². The lowest BCUT2D eigenvalue weighted by Gasteiger charge is -2.23. The summed E-state index contributed by atoms with van der Waals surface area (Å²) in [6.07, 6.45) is 5.24. The van der Waals surface area contributed by atoms with E-state index in [0.717, 1.165) is 6.42 Å². The van der Waals surface area contributed by atoms with E-state index in [1.165, 1.54) is 19.3 Å². The fraction of sp³-hybridized carbons (Fsp3) is 1.00. The van der Waals surface area contributed by atoms with Crippen LogP contribution in [-0.4, -0.2) is 31.5 Å². The van der Waals surface area contributed by atoms with Gasteiger partial charge in [-0.25, -0.2) is 4.67 Å². The van der Waals surface area contributed by atoms with Crippen molar-refractivity contribution >= 4 is 7.52 Å². The summed E-state index contributed by atoms with van der Waals surface area (Å²) in [5.41, 5.74) is 0. The normalized spacial score (nSPS) is 15.8. The quantitative estimate of drug-likeness (QED) is 0.465. The summed E-state index contributed by atoms with van der Waals surface area (Å²) in [4.78, 5) is 0. The molecule has 0 rings (SSSR count). The molecule has 0 aliphatic heterocycles. The molecule has 0 aromatic rings. The molecule has 0 fully saturated rings. The van der Waals surface area contributed by atoms with Gasteiger partial charge in [-0.05, 0) is 20.5 Å². The van der Waals surface area contributed by atoms with Crippen LogP contribution in [0.5, 0.6) is 0 Å². The summed E-state index contributed by atoms with van der Waals surface area (Å²) in [6.45, 7) is 4.72. The fourth-order valence-electron chi connectivity index (χ4n) is 1.23. The van der Waals surface area contributed by atoms with Crippen molar-refractivity contribution in [3.05, 3.63) is 0 Å². The van der Waals surface area contributed by atoms with Crippen LogP contribution in [0.15, 0.2) is 0 Å². The van der Waals surface area contributed by atoms with Gasteiger partial charge in [-0.15, -0.1) is 0 Å². The van der Waals surface area contributed by atoms with Gasteiger partial charge in [0.15, 0.2) is 0 Å². The molecule has 0 radical (unpaired) electrons. The lowest BCUT2D eigenvalue weighted by molar-refractivity contribution is 0.274. The van der Waals surface area contributed by atoms with Gasteiger partial charge in [0.2, 0.25) is 0 Å². The maximum atomic E-state index is 12.0. The second kappa shape index (κ2) is 7.44.